The largest absolute Gasteiger partial charge is 0.493 e. The number of piperazine rings is 1. The van der Waals surface area contributed by atoms with Gasteiger partial charge in [-0.1, -0.05) is 24.3 Å². The van der Waals surface area contributed by atoms with Crippen LogP contribution in [0.2, 0.25) is 0 Å². The summed E-state index contributed by atoms with van der Waals surface area (Å²) in [6.07, 6.45) is 3.28. The molecule has 0 spiro atoms. The van der Waals surface area contributed by atoms with Crippen molar-refractivity contribution in [2.45, 2.75) is 6.92 Å². The lowest BCUT2D eigenvalue weighted by molar-refractivity contribution is -0.127. The van der Waals surface area contributed by atoms with E-state index in [1.54, 1.807) is 21.9 Å². The molecule has 6 heteroatoms. The van der Waals surface area contributed by atoms with Gasteiger partial charge < -0.3 is 14.5 Å². The molecule has 1 fully saturated rings. The molecule has 3 rings (SSSR count). The molecule has 1 saturated heterocycles. The van der Waals surface area contributed by atoms with Crippen LogP contribution in [-0.4, -0.2) is 54.4 Å². The van der Waals surface area contributed by atoms with Gasteiger partial charge in [-0.3, -0.25) is 9.59 Å². The van der Waals surface area contributed by atoms with Gasteiger partial charge in [-0.25, -0.2) is 4.39 Å². The molecule has 0 unspecified atom stereocenters. The normalized spacial score (nSPS) is 14.4. The van der Waals surface area contributed by atoms with E-state index in [9.17, 15) is 14.0 Å². The molecule has 0 N–H and O–H groups in total. The minimum absolute atomic E-state index is 0.107. The average molecular weight is 382 g/mol. The van der Waals surface area contributed by atoms with Crippen molar-refractivity contribution in [2.75, 3.05) is 32.8 Å². The number of rotatable bonds is 5. The SMILES string of the molecule is CCOc1ccccc1/C=C/C(=O)N1CCN(C(=O)c2cccc(F)c2)CC1. The molecule has 0 bridgehead atoms. The molecule has 2 aromatic rings. The number of nitrogens with zero attached hydrogens (tertiary/aromatic N) is 2. The van der Waals surface area contributed by atoms with E-state index in [0.29, 0.717) is 38.3 Å². The summed E-state index contributed by atoms with van der Waals surface area (Å²) in [6, 6.07) is 13.2. The van der Waals surface area contributed by atoms with Gasteiger partial charge in [0.2, 0.25) is 5.91 Å². The van der Waals surface area contributed by atoms with Crippen LogP contribution >= 0.6 is 0 Å². The van der Waals surface area contributed by atoms with Crippen molar-refractivity contribution >= 4 is 17.9 Å². The zero-order valence-corrected chi connectivity index (χ0v) is 15.8. The van der Waals surface area contributed by atoms with Gasteiger partial charge in [-0.2, -0.15) is 0 Å². The molecule has 2 amide bonds. The standard InChI is InChI=1S/C22H23FN2O3/c1-2-28-20-9-4-3-6-17(20)10-11-21(26)24-12-14-25(15-13-24)22(27)18-7-5-8-19(23)16-18/h3-11,16H,2,12-15H2,1H3/b11-10+. The summed E-state index contributed by atoms with van der Waals surface area (Å²) in [5.41, 5.74) is 1.17. The van der Waals surface area contributed by atoms with Gasteiger partial charge in [0.15, 0.2) is 0 Å². The van der Waals surface area contributed by atoms with Crippen LogP contribution in [0.4, 0.5) is 4.39 Å². The predicted molar refractivity (Wildman–Crippen MR) is 106 cm³/mol. The van der Waals surface area contributed by atoms with Crippen LogP contribution < -0.4 is 4.74 Å². The lowest BCUT2D eigenvalue weighted by Crippen LogP contribution is -2.50. The third kappa shape index (κ3) is 4.76. The van der Waals surface area contributed by atoms with Gasteiger partial charge in [0.05, 0.1) is 6.61 Å². The molecule has 0 atom stereocenters. The second-order valence-corrected chi connectivity index (χ2v) is 6.43. The lowest BCUT2D eigenvalue weighted by atomic mass is 10.1. The van der Waals surface area contributed by atoms with Crippen LogP contribution in [0, 0.1) is 5.82 Å². The summed E-state index contributed by atoms with van der Waals surface area (Å²) < 4.78 is 18.9. The number of hydrogen-bond donors (Lipinski definition) is 0. The van der Waals surface area contributed by atoms with Crippen LogP contribution in [0.15, 0.2) is 54.6 Å². The minimum Gasteiger partial charge on any atom is -0.493 e. The zero-order chi connectivity index (χ0) is 19.9. The predicted octanol–water partition coefficient (Wildman–Crippen LogP) is 3.22. The van der Waals surface area contributed by atoms with E-state index in [0.717, 1.165) is 11.3 Å². The number of halogens is 1. The summed E-state index contributed by atoms with van der Waals surface area (Å²) >= 11 is 0. The van der Waals surface area contributed by atoms with Gasteiger partial charge in [-0.05, 0) is 37.3 Å². The maximum absolute atomic E-state index is 13.3. The minimum atomic E-state index is -0.433. The third-order valence-electron chi connectivity index (χ3n) is 4.57. The Morgan fingerprint density at radius 1 is 1.04 bits per heavy atom. The highest BCUT2D eigenvalue weighted by Crippen LogP contribution is 2.19. The quantitative estimate of drug-likeness (QED) is 0.746. The molecular formula is C22H23FN2O3. The molecule has 1 aliphatic heterocycles. The van der Waals surface area contributed by atoms with E-state index in [2.05, 4.69) is 0 Å². The monoisotopic (exact) mass is 382 g/mol. The molecule has 0 aromatic heterocycles. The van der Waals surface area contributed by atoms with Crippen molar-refractivity contribution in [3.8, 4) is 5.75 Å². The Labute approximate surface area is 164 Å². The number of benzene rings is 2. The van der Waals surface area contributed by atoms with Crippen LogP contribution in [0.5, 0.6) is 5.75 Å². The van der Waals surface area contributed by atoms with E-state index >= 15 is 0 Å². The van der Waals surface area contributed by atoms with E-state index in [1.165, 1.54) is 24.3 Å². The number of amides is 2. The summed E-state index contributed by atoms with van der Waals surface area (Å²) in [5, 5.41) is 0. The maximum Gasteiger partial charge on any atom is 0.254 e. The van der Waals surface area contributed by atoms with Gasteiger partial charge in [0.25, 0.3) is 5.91 Å². The van der Waals surface area contributed by atoms with Crippen LogP contribution in [0.1, 0.15) is 22.8 Å². The van der Waals surface area contributed by atoms with Crippen molar-refractivity contribution < 1.29 is 18.7 Å². The molecule has 2 aromatic carbocycles. The molecule has 5 nitrogen and oxygen atoms in total. The zero-order valence-electron chi connectivity index (χ0n) is 15.8. The first-order valence-corrected chi connectivity index (χ1v) is 9.32. The Bertz CT molecular complexity index is 874. The molecule has 0 aliphatic carbocycles. The first-order valence-electron chi connectivity index (χ1n) is 9.32. The summed E-state index contributed by atoms with van der Waals surface area (Å²) in [6.45, 7) is 4.19. The Morgan fingerprint density at radius 3 is 2.46 bits per heavy atom. The molecule has 1 heterocycles. The summed E-state index contributed by atoms with van der Waals surface area (Å²) in [7, 11) is 0. The van der Waals surface area contributed by atoms with E-state index in [-0.39, 0.29) is 11.8 Å². The molecule has 146 valence electrons. The fourth-order valence-corrected chi connectivity index (χ4v) is 3.11. The highest BCUT2D eigenvalue weighted by atomic mass is 19.1. The topological polar surface area (TPSA) is 49.9 Å². The van der Waals surface area contributed by atoms with Crippen LogP contribution in [0.3, 0.4) is 0 Å². The van der Waals surface area contributed by atoms with E-state index in [1.807, 2.05) is 31.2 Å². The van der Waals surface area contributed by atoms with E-state index < -0.39 is 5.82 Å². The van der Waals surface area contributed by atoms with Crippen molar-refractivity contribution in [3.05, 3.63) is 71.6 Å². The Balaban J connectivity index is 1.57. The second-order valence-electron chi connectivity index (χ2n) is 6.43. The fourth-order valence-electron chi connectivity index (χ4n) is 3.11. The van der Waals surface area contributed by atoms with E-state index in [4.69, 9.17) is 4.74 Å². The first-order chi connectivity index (χ1) is 13.6. The average Bonchev–Trinajstić information content (AvgIpc) is 2.73. The maximum atomic E-state index is 13.3. The van der Waals surface area contributed by atoms with Crippen LogP contribution in [-0.2, 0) is 4.79 Å². The van der Waals surface area contributed by atoms with Crippen molar-refractivity contribution in [3.63, 3.8) is 0 Å². The van der Waals surface area contributed by atoms with Gasteiger partial charge in [0, 0.05) is 43.4 Å². The number of ether oxygens (including phenoxy) is 1. The third-order valence-corrected chi connectivity index (χ3v) is 4.57. The fraction of sp³-hybridized carbons (Fsp3) is 0.273. The van der Waals surface area contributed by atoms with Crippen molar-refractivity contribution in [1.29, 1.82) is 0 Å². The highest BCUT2D eigenvalue weighted by molar-refractivity contribution is 5.95. The number of carbonyl (C=O) groups is 2. The number of carbonyl (C=O) groups excluding carboxylic acids is 2. The van der Waals surface area contributed by atoms with Gasteiger partial charge >= 0.3 is 0 Å². The van der Waals surface area contributed by atoms with Crippen molar-refractivity contribution in [1.82, 2.24) is 9.80 Å². The van der Waals surface area contributed by atoms with Crippen molar-refractivity contribution in [2.24, 2.45) is 0 Å². The number of para-hydroxylation sites is 1. The van der Waals surface area contributed by atoms with Crippen LogP contribution in [0.25, 0.3) is 6.08 Å². The molecule has 0 saturated carbocycles. The highest BCUT2D eigenvalue weighted by Gasteiger charge is 2.24. The molecule has 1 aliphatic rings. The molecule has 28 heavy (non-hydrogen) atoms. The van der Waals surface area contributed by atoms with Gasteiger partial charge in [-0.15, -0.1) is 0 Å². The second kappa shape index (κ2) is 9.17. The Hall–Kier alpha value is -3.15. The summed E-state index contributed by atoms with van der Waals surface area (Å²) in [4.78, 5) is 28.3. The van der Waals surface area contributed by atoms with Gasteiger partial charge in [0.1, 0.15) is 11.6 Å². The Morgan fingerprint density at radius 2 is 1.75 bits per heavy atom. The molecule has 0 radical (unpaired) electrons. The smallest absolute Gasteiger partial charge is 0.254 e. The Kier molecular flexibility index (Phi) is 6.42. The number of hydrogen-bond acceptors (Lipinski definition) is 3. The summed E-state index contributed by atoms with van der Waals surface area (Å²) in [5.74, 6) is -0.0198. The first kappa shape index (κ1) is 19.6. The molecular weight excluding hydrogens is 359 g/mol. The lowest BCUT2D eigenvalue weighted by Gasteiger charge is -2.34.